The summed E-state index contributed by atoms with van der Waals surface area (Å²) in [4.78, 5) is 37.5. The van der Waals surface area contributed by atoms with Gasteiger partial charge in [-0.25, -0.2) is 0 Å². The lowest BCUT2D eigenvalue weighted by atomic mass is 9.87. The van der Waals surface area contributed by atoms with Crippen LogP contribution in [0.5, 0.6) is 5.75 Å². The standard InChI is InChI=1S/C30H34N4O4S/c1-5-6-19-38-25-17-11-21(12-18-25)27(36)32-29(39)34-33-28(37)22-9-15-24(16-10-22)31-26(35)20-7-13-23(14-8-20)30(2,3)4/h7-18H,5-6,19H2,1-4H3,(H,31,35)(H,33,37)(H2,32,34,36,39). The van der Waals surface area contributed by atoms with Gasteiger partial charge in [-0.3, -0.25) is 30.6 Å². The van der Waals surface area contributed by atoms with Crippen molar-refractivity contribution in [2.45, 2.75) is 46.0 Å². The predicted octanol–water partition coefficient (Wildman–Crippen LogP) is 5.36. The number of ether oxygens (including phenoxy) is 1. The lowest BCUT2D eigenvalue weighted by Crippen LogP contribution is -2.48. The molecule has 0 spiro atoms. The number of thiocarbonyl (C=S) groups is 1. The molecule has 4 N–H and O–H groups in total. The number of hydrazine groups is 1. The number of unbranched alkanes of at least 4 members (excludes halogenated alkanes) is 1. The largest absolute Gasteiger partial charge is 0.494 e. The Morgan fingerprint density at radius 3 is 1.87 bits per heavy atom. The van der Waals surface area contributed by atoms with Gasteiger partial charge in [-0.05, 0) is 90.3 Å². The third-order valence-electron chi connectivity index (χ3n) is 5.82. The number of amides is 3. The van der Waals surface area contributed by atoms with Gasteiger partial charge in [0.25, 0.3) is 17.7 Å². The predicted molar refractivity (Wildman–Crippen MR) is 157 cm³/mol. The Hall–Kier alpha value is -4.24. The first-order chi connectivity index (χ1) is 18.6. The van der Waals surface area contributed by atoms with Crippen molar-refractivity contribution >= 4 is 40.7 Å². The van der Waals surface area contributed by atoms with Gasteiger partial charge in [0.05, 0.1) is 6.61 Å². The van der Waals surface area contributed by atoms with Crippen LogP contribution >= 0.6 is 12.2 Å². The fraction of sp³-hybridized carbons (Fsp3) is 0.267. The molecule has 3 amide bonds. The molecule has 0 aromatic heterocycles. The average molecular weight is 547 g/mol. The molecule has 204 valence electrons. The van der Waals surface area contributed by atoms with E-state index in [0.29, 0.717) is 34.7 Å². The Bertz CT molecular complexity index is 1300. The summed E-state index contributed by atoms with van der Waals surface area (Å²) in [7, 11) is 0. The lowest BCUT2D eigenvalue weighted by Gasteiger charge is -2.19. The Labute approximate surface area is 234 Å². The Morgan fingerprint density at radius 2 is 1.28 bits per heavy atom. The highest BCUT2D eigenvalue weighted by atomic mass is 32.1. The zero-order valence-electron chi connectivity index (χ0n) is 22.6. The minimum absolute atomic E-state index is 0.00509. The first-order valence-corrected chi connectivity index (χ1v) is 13.1. The van der Waals surface area contributed by atoms with Gasteiger partial charge >= 0.3 is 0 Å². The number of nitrogens with one attached hydrogen (secondary N) is 4. The third-order valence-corrected chi connectivity index (χ3v) is 6.02. The van der Waals surface area contributed by atoms with Gasteiger partial charge in [0.15, 0.2) is 5.11 Å². The number of hydrogen-bond acceptors (Lipinski definition) is 5. The van der Waals surface area contributed by atoms with Gasteiger partial charge in [-0.15, -0.1) is 0 Å². The number of carbonyl (C=O) groups is 3. The molecule has 3 aromatic rings. The summed E-state index contributed by atoms with van der Waals surface area (Å²) in [6, 6.07) is 20.6. The van der Waals surface area contributed by atoms with Crippen molar-refractivity contribution in [3.05, 3.63) is 95.1 Å². The van der Waals surface area contributed by atoms with Gasteiger partial charge in [-0.2, -0.15) is 0 Å². The van der Waals surface area contributed by atoms with E-state index in [0.717, 1.165) is 18.4 Å². The Kier molecular flexibility index (Phi) is 10.2. The van der Waals surface area contributed by atoms with Gasteiger partial charge in [0, 0.05) is 22.4 Å². The minimum Gasteiger partial charge on any atom is -0.494 e. The number of anilines is 1. The van der Waals surface area contributed by atoms with E-state index in [1.807, 2.05) is 12.1 Å². The zero-order chi connectivity index (χ0) is 28.4. The molecule has 0 bridgehead atoms. The molecule has 0 radical (unpaired) electrons. The van der Waals surface area contributed by atoms with E-state index in [1.54, 1.807) is 60.7 Å². The second kappa shape index (κ2) is 13.5. The van der Waals surface area contributed by atoms with Crippen LogP contribution in [0.1, 0.15) is 77.2 Å². The minimum atomic E-state index is -0.462. The molecule has 3 aromatic carbocycles. The summed E-state index contributed by atoms with van der Waals surface area (Å²) in [6.07, 6.45) is 2.00. The number of hydrogen-bond donors (Lipinski definition) is 4. The molecular formula is C30H34N4O4S. The van der Waals surface area contributed by atoms with E-state index in [1.165, 1.54) is 0 Å². The maximum absolute atomic E-state index is 12.6. The molecular weight excluding hydrogens is 512 g/mol. The fourth-order valence-corrected chi connectivity index (χ4v) is 3.60. The molecule has 0 saturated carbocycles. The summed E-state index contributed by atoms with van der Waals surface area (Å²) in [6.45, 7) is 9.05. The molecule has 0 aliphatic rings. The Balaban J connectivity index is 1.46. The fourth-order valence-electron chi connectivity index (χ4n) is 3.46. The van der Waals surface area contributed by atoms with Crippen LogP contribution in [0, 0.1) is 0 Å². The van der Waals surface area contributed by atoms with Crippen LogP contribution in [-0.2, 0) is 5.41 Å². The zero-order valence-corrected chi connectivity index (χ0v) is 23.4. The SMILES string of the molecule is CCCCOc1ccc(C(=O)NC(=S)NNC(=O)c2ccc(NC(=O)c3ccc(C(C)(C)C)cc3)cc2)cc1. The molecule has 0 atom stereocenters. The highest BCUT2D eigenvalue weighted by molar-refractivity contribution is 7.80. The summed E-state index contributed by atoms with van der Waals surface area (Å²) in [5.41, 5.74) is 7.94. The second-order valence-electron chi connectivity index (χ2n) is 9.95. The normalized spacial score (nSPS) is 10.8. The number of benzene rings is 3. The molecule has 0 fully saturated rings. The Morgan fingerprint density at radius 1 is 0.744 bits per heavy atom. The smallest absolute Gasteiger partial charge is 0.269 e. The van der Waals surface area contributed by atoms with Gasteiger partial charge < -0.3 is 10.1 Å². The second-order valence-corrected chi connectivity index (χ2v) is 10.4. The third kappa shape index (κ3) is 8.93. The first kappa shape index (κ1) is 29.3. The molecule has 3 rings (SSSR count). The van der Waals surface area contributed by atoms with Gasteiger partial charge in [0.1, 0.15) is 5.75 Å². The number of carbonyl (C=O) groups excluding carboxylic acids is 3. The molecule has 8 nitrogen and oxygen atoms in total. The van der Waals surface area contributed by atoms with Crippen molar-refractivity contribution in [3.8, 4) is 5.75 Å². The van der Waals surface area contributed by atoms with Crippen LogP contribution in [0.25, 0.3) is 0 Å². The van der Waals surface area contributed by atoms with Crippen molar-refractivity contribution in [2.75, 3.05) is 11.9 Å². The summed E-state index contributed by atoms with van der Waals surface area (Å²) in [5, 5.41) is 5.28. The van der Waals surface area contributed by atoms with E-state index < -0.39 is 11.8 Å². The topological polar surface area (TPSA) is 109 Å². The van der Waals surface area contributed by atoms with E-state index in [-0.39, 0.29) is 16.4 Å². The number of rotatable bonds is 8. The summed E-state index contributed by atoms with van der Waals surface area (Å²) >= 11 is 5.11. The molecule has 0 heterocycles. The molecule has 39 heavy (non-hydrogen) atoms. The highest BCUT2D eigenvalue weighted by Crippen LogP contribution is 2.22. The van der Waals surface area contributed by atoms with Crippen LogP contribution in [0.3, 0.4) is 0 Å². The summed E-state index contributed by atoms with van der Waals surface area (Å²) in [5.74, 6) is -0.437. The van der Waals surface area contributed by atoms with Crippen LogP contribution in [0.4, 0.5) is 5.69 Å². The average Bonchev–Trinajstić information content (AvgIpc) is 2.92. The van der Waals surface area contributed by atoms with Crippen molar-refractivity contribution < 1.29 is 19.1 Å². The van der Waals surface area contributed by atoms with Crippen LogP contribution in [0.15, 0.2) is 72.8 Å². The van der Waals surface area contributed by atoms with Crippen LogP contribution < -0.4 is 26.2 Å². The maximum atomic E-state index is 12.6. The maximum Gasteiger partial charge on any atom is 0.269 e. The molecule has 9 heteroatoms. The molecule has 0 unspecified atom stereocenters. The van der Waals surface area contributed by atoms with E-state index in [2.05, 4.69) is 49.2 Å². The molecule has 0 aliphatic carbocycles. The van der Waals surface area contributed by atoms with Crippen LogP contribution in [0.2, 0.25) is 0 Å². The lowest BCUT2D eigenvalue weighted by molar-refractivity contribution is 0.0934. The monoisotopic (exact) mass is 546 g/mol. The van der Waals surface area contributed by atoms with E-state index >= 15 is 0 Å². The molecule has 0 saturated heterocycles. The summed E-state index contributed by atoms with van der Waals surface area (Å²) < 4.78 is 5.59. The van der Waals surface area contributed by atoms with Crippen molar-refractivity contribution in [3.63, 3.8) is 0 Å². The van der Waals surface area contributed by atoms with Crippen molar-refractivity contribution in [1.29, 1.82) is 0 Å². The molecule has 0 aliphatic heterocycles. The van der Waals surface area contributed by atoms with E-state index in [9.17, 15) is 14.4 Å². The van der Waals surface area contributed by atoms with Crippen LogP contribution in [-0.4, -0.2) is 29.4 Å². The first-order valence-electron chi connectivity index (χ1n) is 12.7. The van der Waals surface area contributed by atoms with E-state index in [4.69, 9.17) is 17.0 Å². The quantitative estimate of drug-likeness (QED) is 0.172. The van der Waals surface area contributed by atoms with Gasteiger partial charge in [-0.1, -0.05) is 46.2 Å². The highest BCUT2D eigenvalue weighted by Gasteiger charge is 2.15. The van der Waals surface area contributed by atoms with Crippen molar-refractivity contribution in [1.82, 2.24) is 16.2 Å². The van der Waals surface area contributed by atoms with Gasteiger partial charge in [0.2, 0.25) is 0 Å². The van der Waals surface area contributed by atoms with Crippen molar-refractivity contribution in [2.24, 2.45) is 0 Å².